The molecule has 0 spiro atoms. The maximum atomic E-state index is 8.80. The fraction of sp³-hybridized carbons (Fsp3) is 0. The standard InChI is InChI=1S/4ClH.Mn.2H2O.2O/h4*1H;;2*1H2;;/q;;;;+2;;;;/p-2. The molecule has 9 heavy (non-hydrogen) atoms. The quantitative estimate of drug-likeness (QED) is 0.620. The van der Waals surface area contributed by atoms with Gasteiger partial charge in [-0.3, -0.25) is 0 Å². The molecule has 0 aromatic heterocycles. The molecule has 0 aliphatic carbocycles. The van der Waals surface area contributed by atoms with Crippen molar-refractivity contribution in [2.24, 2.45) is 0 Å². The Bertz CT molecular complexity index is 95.7. The topological polar surface area (TPSA) is 74.6 Å². The normalized spacial score (nSPS) is 6.44. The molecule has 0 bridgehead atoms. The van der Waals surface area contributed by atoms with E-state index in [2.05, 4.69) is 0 Å². The molecular formula is H6Cl4MnO4. The van der Waals surface area contributed by atoms with Crippen molar-refractivity contribution in [2.45, 2.75) is 0 Å². The zero-order valence-corrected chi connectivity index (χ0v) is 8.17. The zero-order valence-electron chi connectivity index (χ0n) is 3.72. The molecule has 0 atom stereocenters. The maximum absolute atomic E-state index is 8.80. The molecule has 65 valence electrons. The van der Waals surface area contributed by atoms with Crippen LogP contribution in [0.25, 0.3) is 0 Å². The van der Waals surface area contributed by atoms with Gasteiger partial charge in [-0.2, -0.15) is 0 Å². The molecule has 0 fully saturated rings. The molecule has 0 heterocycles. The van der Waals surface area contributed by atoms with Gasteiger partial charge >= 0.3 is 29.4 Å². The van der Waals surface area contributed by atoms with E-state index in [4.69, 9.17) is 16.0 Å². The van der Waals surface area contributed by atoms with Gasteiger partial charge in [-0.1, -0.05) is 0 Å². The molecule has 0 aromatic carbocycles. The van der Waals surface area contributed by atoms with E-state index in [0.29, 0.717) is 0 Å². The first-order valence-electron chi connectivity index (χ1n) is 0.647. The second-order valence-electron chi connectivity index (χ2n) is 0.415. The second kappa shape index (κ2) is 11.9. The Morgan fingerprint density at radius 2 is 0.778 bits per heavy atom. The Hall–Kier alpha value is 1.20. The fourth-order valence-electron chi connectivity index (χ4n) is 0. The van der Waals surface area contributed by atoms with Crippen molar-refractivity contribution < 1.29 is 29.4 Å². The van der Waals surface area contributed by atoms with Crippen LogP contribution >= 0.6 is 49.6 Å². The Kier molecular flexibility index (Phi) is 42.3. The van der Waals surface area contributed by atoms with Crippen LogP contribution in [-0.4, -0.2) is 8.38 Å². The summed E-state index contributed by atoms with van der Waals surface area (Å²) in [7, 11) is 0. The predicted octanol–water partition coefficient (Wildman–Crippen LogP) is 0.333. The number of rotatable bonds is 0. The molecule has 9 heteroatoms. The Morgan fingerprint density at radius 1 is 0.778 bits per heavy atom. The van der Waals surface area contributed by atoms with Gasteiger partial charge in [0.25, 0.3) is 0 Å². The summed E-state index contributed by atoms with van der Waals surface area (Å²) < 4.78 is 31.8. The van der Waals surface area contributed by atoms with Crippen LogP contribution in [0.1, 0.15) is 0 Å². The van der Waals surface area contributed by atoms with E-state index in [1.165, 1.54) is 0 Å². The molecule has 0 amide bonds. The summed E-state index contributed by atoms with van der Waals surface area (Å²) in [5.41, 5.74) is 0. The third-order valence-electron chi connectivity index (χ3n) is 0. The average Bonchev–Trinajstić information content (AvgIpc) is 0.722. The van der Waals surface area contributed by atoms with Crippen molar-refractivity contribution in [1.82, 2.24) is 0 Å². The summed E-state index contributed by atoms with van der Waals surface area (Å²) in [6.45, 7) is 0. The van der Waals surface area contributed by atoms with E-state index < -0.39 is 13.4 Å². The van der Waals surface area contributed by atoms with Crippen LogP contribution in [-0.2, 0) is 21.0 Å². The van der Waals surface area contributed by atoms with E-state index in [9.17, 15) is 0 Å². The van der Waals surface area contributed by atoms with Crippen molar-refractivity contribution in [3.05, 3.63) is 0 Å². The van der Waals surface area contributed by atoms with Crippen molar-refractivity contribution in [2.75, 3.05) is 0 Å². The van der Waals surface area contributed by atoms with E-state index in [-0.39, 0.29) is 49.6 Å². The summed E-state index contributed by atoms with van der Waals surface area (Å²) in [5.74, 6) is 0. The van der Waals surface area contributed by atoms with Gasteiger partial charge in [0.15, 0.2) is 0 Å². The summed E-state index contributed by atoms with van der Waals surface area (Å²) in [6.07, 6.45) is 0. The van der Waals surface area contributed by atoms with Gasteiger partial charge < -0.3 is 0 Å². The van der Waals surface area contributed by atoms with Crippen LogP contribution < -0.4 is 0 Å². The molecule has 0 aliphatic rings. The molecule has 0 unspecified atom stereocenters. The molecule has 0 aromatic rings. The fourth-order valence-corrected chi connectivity index (χ4v) is 0. The van der Waals surface area contributed by atoms with Crippen LogP contribution in [0.2, 0.25) is 0 Å². The first-order chi connectivity index (χ1) is 2.00. The van der Waals surface area contributed by atoms with E-state index >= 15 is 0 Å². The van der Waals surface area contributed by atoms with Gasteiger partial charge in [0.2, 0.25) is 0 Å². The molecule has 0 rings (SSSR count). The Labute approximate surface area is 78.9 Å². The monoisotopic (exact) mass is 265 g/mol. The first kappa shape index (κ1) is 31.9. The van der Waals surface area contributed by atoms with Crippen molar-refractivity contribution in [1.29, 1.82) is 0 Å². The SMILES string of the molecule is Cl.Cl.Cl.Cl.[O]=[Mn](=[O])([OH])[OH]. The second-order valence-corrected chi connectivity index (χ2v) is 1.71. The van der Waals surface area contributed by atoms with Gasteiger partial charge in [-0.15, -0.1) is 49.6 Å². The van der Waals surface area contributed by atoms with Crippen LogP contribution in [0.15, 0.2) is 0 Å². The third-order valence-corrected chi connectivity index (χ3v) is 0. The molecule has 0 radical (unpaired) electrons. The minimum atomic E-state index is -5.12. The van der Waals surface area contributed by atoms with Gasteiger partial charge in [-0.25, -0.2) is 0 Å². The Morgan fingerprint density at radius 3 is 0.778 bits per heavy atom. The Balaban J connectivity index is -0.0000000133. The molecule has 2 N–H and O–H groups in total. The molecule has 0 aliphatic heterocycles. The van der Waals surface area contributed by atoms with Crippen LogP contribution in [0, 0.1) is 0 Å². The molecule has 4 nitrogen and oxygen atoms in total. The van der Waals surface area contributed by atoms with Gasteiger partial charge in [0.1, 0.15) is 0 Å². The molecule has 0 saturated carbocycles. The summed E-state index contributed by atoms with van der Waals surface area (Å²) in [6, 6.07) is 0. The van der Waals surface area contributed by atoms with E-state index in [1.54, 1.807) is 0 Å². The summed E-state index contributed by atoms with van der Waals surface area (Å²) >= 11 is -5.12. The average molecular weight is 267 g/mol. The molecule has 0 saturated heterocycles. The van der Waals surface area contributed by atoms with E-state index in [1.807, 2.05) is 0 Å². The zero-order chi connectivity index (χ0) is 4.50. The van der Waals surface area contributed by atoms with Crippen LogP contribution in [0.3, 0.4) is 0 Å². The van der Waals surface area contributed by atoms with Gasteiger partial charge in [0.05, 0.1) is 0 Å². The van der Waals surface area contributed by atoms with Gasteiger partial charge in [-0.05, 0) is 0 Å². The first-order valence-corrected chi connectivity index (χ1v) is 2.67. The van der Waals surface area contributed by atoms with Gasteiger partial charge in [0, 0.05) is 0 Å². The predicted molar refractivity (Wildman–Crippen MR) is 34.8 cm³/mol. The van der Waals surface area contributed by atoms with Crippen molar-refractivity contribution >= 4 is 49.6 Å². The van der Waals surface area contributed by atoms with Crippen molar-refractivity contribution in [3.8, 4) is 0 Å². The number of hydrogen-bond acceptors (Lipinski definition) is 2. The summed E-state index contributed by atoms with van der Waals surface area (Å²) in [4.78, 5) is 0. The number of hydrogen-bond donors (Lipinski definition) is 2. The minimum absolute atomic E-state index is 0. The van der Waals surface area contributed by atoms with E-state index in [0.717, 1.165) is 0 Å². The van der Waals surface area contributed by atoms with Crippen LogP contribution in [0.4, 0.5) is 0 Å². The third kappa shape index (κ3) is 331. The van der Waals surface area contributed by atoms with Crippen molar-refractivity contribution in [3.63, 3.8) is 0 Å². The molecular weight excluding hydrogens is 261 g/mol. The number of halogens is 4. The summed E-state index contributed by atoms with van der Waals surface area (Å²) in [5, 5.41) is 0. The van der Waals surface area contributed by atoms with Crippen LogP contribution in [0.5, 0.6) is 0 Å².